The summed E-state index contributed by atoms with van der Waals surface area (Å²) in [6.07, 6.45) is 0. The minimum atomic E-state index is -0.356. The number of halogens is 4. The lowest BCUT2D eigenvalue weighted by Crippen LogP contribution is -2.21. The third-order valence-corrected chi connectivity index (χ3v) is 11.0. The highest BCUT2D eigenvalue weighted by molar-refractivity contribution is 9.11. The fraction of sp³-hybridized carbons (Fsp3) is 0.267. The van der Waals surface area contributed by atoms with Gasteiger partial charge in [-0.2, -0.15) is 10.5 Å². The van der Waals surface area contributed by atoms with Crippen LogP contribution in [0.1, 0.15) is 49.8 Å². The number of nitrogens with zero attached hydrogens (tertiary/aromatic N) is 6. The van der Waals surface area contributed by atoms with Crippen LogP contribution in [-0.2, 0) is 0 Å². The molecule has 0 saturated carbocycles. The Labute approximate surface area is 300 Å². The molecule has 2 heterocycles. The van der Waals surface area contributed by atoms with Gasteiger partial charge in [-0.15, -0.1) is 22.7 Å². The van der Waals surface area contributed by atoms with Gasteiger partial charge in [0.1, 0.15) is 25.6 Å². The zero-order valence-corrected chi connectivity index (χ0v) is 32.1. The van der Waals surface area contributed by atoms with Gasteiger partial charge in [0.15, 0.2) is 0 Å². The molecular weight excluding hydrogens is 803 g/mol. The van der Waals surface area contributed by atoms with Crippen LogP contribution in [0.5, 0.6) is 0 Å². The van der Waals surface area contributed by atoms with E-state index >= 15 is 0 Å². The Kier molecular flexibility index (Phi) is 11.9. The van der Waals surface area contributed by atoms with E-state index in [9.17, 15) is 29.7 Å². The number of hydrogen-bond acceptors (Lipinski definition) is 8. The molecule has 0 spiro atoms. The number of thiophene rings is 2. The normalized spacial score (nSPS) is 10.5. The van der Waals surface area contributed by atoms with E-state index in [2.05, 4.69) is 31.9 Å². The van der Waals surface area contributed by atoms with Crippen molar-refractivity contribution in [2.75, 3.05) is 56.4 Å². The second kappa shape index (κ2) is 14.7. The highest BCUT2D eigenvalue weighted by Crippen LogP contribution is 2.45. The second-order valence-corrected chi connectivity index (χ2v) is 15.0. The average Bonchev–Trinajstić information content (AvgIpc) is 3.58. The molecule has 4 amide bonds. The number of amides is 4. The van der Waals surface area contributed by atoms with Crippen molar-refractivity contribution in [3.63, 3.8) is 0 Å². The minimum Gasteiger partial charge on any atom is -0.344 e. The van der Waals surface area contributed by atoms with Crippen molar-refractivity contribution < 1.29 is 19.2 Å². The molecule has 4 rings (SSSR count). The molecule has 0 unspecified atom stereocenters. The monoisotopic (exact) mass is 826 g/mol. The van der Waals surface area contributed by atoms with Crippen molar-refractivity contribution in [1.82, 2.24) is 19.6 Å². The zero-order valence-electron chi connectivity index (χ0n) is 25.8. The van der Waals surface area contributed by atoms with Crippen LogP contribution in [0.4, 0.5) is 0 Å². The molecule has 2 aromatic carbocycles. The molecule has 10 nitrogen and oxygen atoms in total. The zero-order chi connectivity index (χ0) is 34.9. The SMILES string of the molecule is CN(C)C(=O)c1sc(C(=O)N(C)C)c2c(Br)c(Cl)cc(Br)c12.CN(C)C(=O)c1sc(C(=O)N(C)C)c2c(C#N)c(Cl)cc(C#N)c12. The molecule has 0 aliphatic carbocycles. The fourth-order valence-electron chi connectivity index (χ4n) is 4.16. The van der Waals surface area contributed by atoms with Crippen LogP contribution < -0.4 is 0 Å². The van der Waals surface area contributed by atoms with Crippen molar-refractivity contribution in [1.29, 1.82) is 10.5 Å². The van der Waals surface area contributed by atoms with Crippen molar-refractivity contribution in [2.45, 2.75) is 0 Å². The van der Waals surface area contributed by atoms with Gasteiger partial charge in [-0.05, 0) is 28.1 Å². The first kappa shape index (κ1) is 37.2. The maximum absolute atomic E-state index is 12.5. The Hall–Kier alpha value is -3.24. The summed E-state index contributed by atoms with van der Waals surface area (Å²) >= 11 is 21.4. The largest absolute Gasteiger partial charge is 0.344 e. The van der Waals surface area contributed by atoms with Crippen LogP contribution in [-0.4, -0.2) is 99.6 Å². The quantitative estimate of drug-likeness (QED) is 0.201. The molecule has 0 radical (unpaired) electrons. The van der Waals surface area contributed by atoms with Crippen LogP contribution >= 0.6 is 77.7 Å². The standard InChI is InChI=1S/C16H13ClN4O2S.C14H13Br2ClN2O2S/c1-20(2)15(22)13-11-8(6-18)5-10(17)9(7-19)12(11)14(24-13)16(23)21(3)4;1-18(2)13(20)11-8-6(15)5-7(17)10(16)9(8)12(22-11)14(21)19(3)4/h5H,1-4H3;5H,1-4H3. The predicted molar refractivity (Wildman–Crippen MR) is 191 cm³/mol. The summed E-state index contributed by atoms with van der Waals surface area (Å²) in [5.74, 6) is -1.01. The van der Waals surface area contributed by atoms with Gasteiger partial charge in [0.2, 0.25) is 0 Å². The fourth-order valence-corrected chi connectivity index (χ4v) is 8.87. The lowest BCUT2D eigenvalue weighted by molar-refractivity contribution is 0.0824. The van der Waals surface area contributed by atoms with Gasteiger partial charge in [0.05, 0.1) is 27.2 Å². The number of rotatable bonds is 4. The minimum absolute atomic E-state index is 0.0796. The van der Waals surface area contributed by atoms with Crippen molar-refractivity contribution >= 4 is 123 Å². The van der Waals surface area contributed by atoms with Crippen molar-refractivity contribution in [3.05, 3.63) is 61.8 Å². The van der Waals surface area contributed by atoms with Crippen LogP contribution in [0.3, 0.4) is 0 Å². The van der Waals surface area contributed by atoms with Gasteiger partial charge in [-0.1, -0.05) is 39.1 Å². The maximum Gasteiger partial charge on any atom is 0.264 e. The number of carbonyl (C=O) groups is 4. The summed E-state index contributed by atoms with van der Waals surface area (Å²) in [5, 5.41) is 21.3. The molecule has 16 heteroatoms. The van der Waals surface area contributed by atoms with Crippen molar-refractivity contribution in [2.24, 2.45) is 0 Å². The van der Waals surface area contributed by atoms with E-state index in [4.69, 9.17) is 23.2 Å². The Balaban J connectivity index is 0.000000251. The van der Waals surface area contributed by atoms with E-state index in [0.29, 0.717) is 39.9 Å². The lowest BCUT2D eigenvalue weighted by Gasteiger charge is -2.10. The lowest BCUT2D eigenvalue weighted by atomic mass is 10.00. The second-order valence-electron chi connectivity index (χ2n) is 10.5. The first-order valence-electron chi connectivity index (χ1n) is 13.0. The van der Waals surface area contributed by atoms with Crippen LogP contribution in [0.25, 0.3) is 21.5 Å². The number of carbonyl (C=O) groups excluding carboxylic acids is 4. The Morgan fingerprint density at radius 2 is 1.00 bits per heavy atom. The highest BCUT2D eigenvalue weighted by atomic mass is 79.9. The molecule has 2 aromatic heterocycles. The molecule has 240 valence electrons. The molecule has 0 atom stereocenters. The van der Waals surface area contributed by atoms with Gasteiger partial charge in [0.25, 0.3) is 23.6 Å². The summed E-state index contributed by atoms with van der Waals surface area (Å²) in [4.78, 5) is 57.1. The van der Waals surface area contributed by atoms with E-state index in [0.717, 1.165) is 11.3 Å². The van der Waals surface area contributed by atoms with Gasteiger partial charge in [-0.3, -0.25) is 19.2 Å². The van der Waals surface area contributed by atoms with Gasteiger partial charge in [0, 0.05) is 86.9 Å². The van der Waals surface area contributed by atoms with E-state index in [1.165, 1.54) is 37.0 Å². The summed E-state index contributed by atoms with van der Waals surface area (Å²) in [7, 11) is 13.0. The predicted octanol–water partition coefficient (Wildman–Crippen LogP) is 7.18. The molecule has 0 aliphatic rings. The molecule has 0 fully saturated rings. The Morgan fingerprint density at radius 1 is 0.609 bits per heavy atom. The number of nitriles is 2. The van der Waals surface area contributed by atoms with Gasteiger partial charge in [-0.25, -0.2) is 0 Å². The molecule has 0 aliphatic heterocycles. The molecule has 0 saturated heterocycles. The molecular formula is C30H26Br2Cl2N6O4S2. The smallest absolute Gasteiger partial charge is 0.264 e. The van der Waals surface area contributed by atoms with E-state index in [-0.39, 0.29) is 54.9 Å². The van der Waals surface area contributed by atoms with Crippen LogP contribution in [0.15, 0.2) is 21.1 Å². The van der Waals surface area contributed by atoms with Crippen LogP contribution in [0, 0.1) is 22.7 Å². The summed E-state index contributed by atoms with van der Waals surface area (Å²) in [5.41, 5.74) is 0.248. The molecule has 4 aromatic rings. The Morgan fingerprint density at radius 3 is 1.39 bits per heavy atom. The van der Waals surface area contributed by atoms with E-state index in [1.807, 2.05) is 12.1 Å². The number of fused-ring (bicyclic) bond motifs is 2. The number of hydrogen-bond donors (Lipinski definition) is 0. The van der Waals surface area contributed by atoms with Crippen LogP contribution in [0.2, 0.25) is 10.0 Å². The first-order chi connectivity index (χ1) is 21.4. The summed E-state index contributed by atoms with van der Waals surface area (Å²) < 4.78 is 1.31. The summed E-state index contributed by atoms with van der Waals surface area (Å²) in [6.45, 7) is 0. The Bertz CT molecular complexity index is 2020. The third-order valence-electron chi connectivity index (χ3n) is 6.40. The topological polar surface area (TPSA) is 129 Å². The third kappa shape index (κ3) is 6.88. The van der Waals surface area contributed by atoms with E-state index in [1.54, 1.807) is 62.4 Å². The molecule has 0 N–H and O–H groups in total. The van der Waals surface area contributed by atoms with Gasteiger partial charge < -0.3 is 19.6 Å². The van der Waals surface area contributed by atoms with Crippen molar-refractivity contribution in [3.8, 4) is 12.1 Å². The summed E-state index contributed by atoms with van der Waals surface area (Å²) in [6, 6.07) is 7.04. The number of benzene rings is 2. The van der Waals surface area contributed by atoms with Gasteiger partial charge >= 0.3 is 0 Å². The molecule has 46 heavy (non-hydrogen) atoms. The first-order valence-corrected chi connectivity index (χ1v) is 16.9. The maximum atomic E-state index is 12.5. The average molecular weight is 829 g/mol. The highest BCUT2D eigenvalue weighted by Gasteiger charge is 2.29. The molecule has 0 bridgehead atoms. The van der Waals surface area contributed by atoms with E-state index < -0.39 is 0 Å².